The van der Waals surface area contributed by atoms with Crippen molar-refractivity contribution >= 4 is 5.82 Å². The molecule has 1 heterocycles. The summed E-state index contributed by atoms with van der Waals surface area (Å²) >= 11 is 0. The van der Waals surface area contributed by atoms with Gasteiger partial charge in [0.25, 0.3) is 0 Å². The molecule has 0 unspecified atom stereocenters. The lowest BCUT2D eigenvalue weighted by Gasteiger charge is -2.05. The van der Waals surface area contributed by atoms with Gasteiger partial charge < -0.3 is 10.1 Å². The number of rotatable bonds is 4. The molecule has 0 aliphatic carbocycles. The average Bonchev–Trinajstić information content (AvgIpc) is 2.15. The van der Waals surface area contributed by atoms with Crippen molar-refractivity contribution < 1.29 is 4.74 Å². The van der Waals surface area contributed by atoms with Crippen molar-refractivity contribution in [2.45, 2.75) is 6.92 Å². The van der Waals surface area contributed by atoms with Crippen LogP contribution in [0.15, 0.2) is 30.5 Å². The average molecular weight is 178 g/mol. The third-order valence-electron chi connectivity index (χ3n) is 1.54. The fraction of sp³-hybridized carbons (Fsp3) is 0.300. The van der Waals surface area contributed by atoms with Crippen molar-refractivity contribution in [2.24, 2.45) is 0 Å². The molecule has 1 N–H and O–H groups in total. The van der Waals surface area contributed by atoms with Gasteiger partial charge in [-0.25, -0.2) is 4.98 Å². The number of hydrogen-bond donors (Lipinski definition) is 1. The number of methoxy groups -OCH3 is 1. The Morgan fingerprint density at radius 3 is 2.85 bits per heavy atom. The Morgan fingerprint density at radius 2 is 2.38 bits per heavy atom. The quantitative estimate of drug-likeness (QED) is 0.717. The third kappa shape index (κ3) is 3.15. The van der Waals surface area contributed by atoms with Crippen LogP contribution in [0.1, 0.15) is 6.92 Å². The summed E-state index contributed by atoms with van der Waals surface area (Å²) in [6, 6.07) is 3.75. The molecule has 0 spiro atoms. The summed E-state index contributed by atoms with van der Waals surface area (Å²) in [6.07, 6.45) is 1.68. The van der Waals surface area contributed by atoms with Gasteiger partial charge in [-0.05, 0) is 19.1 Å². The van der Waals surface area contributed by atoms with E-state index in [-0.39, 0.29) is 0 Å². The molecule has 0 radical (unpaired) electrons. The molecule has 1 rings (SSSR count). The molecule has 0 aliphatic rings. The molecule has 1 aromatic rings. The maximum absolute atomic E-state index is 4.99. The summed E-state index contributed by atoms with van der Waals surface area (Å²) < 4.78 is 4.99. The van der Waals surface area contributed by atoms with E-state index in [4.69, 9.17) is 4.74 Å². The van der Waals surface area contributed by atoms with Gasteiger partial charge in [0.2, 0.25) is 0 Å². The molecule has 0 atom stereocenters. The van der Waals surface area contributed by atoms with Gasteiger partial charge in [0, 0.05) is 6.54 Å². The minimum absolute atomic E-state index is 0.749. The first-order valence-electron chi connectivity index (χ1n) is 4.10. The van der Waals surface area contributed by atoms with Gasteiger partial charge in [-0.3, -0.25) is 0 Å². The third-order valence-corrected chi connectivity index (χ3v) is 1.54. The second-order valence-electron chi connectivity index (χ2n) is 2.89. The van der Waals surface area contributed by atoms with Crippen LogP contribution in [0.5, 0.6) is 5.75 Å². The number of nitrogens with zero attached hydrogens (tertiary/aromatic N) is 1. The van der Waals surface area contributed by atoms with E-state index in [0.29, 0.717) is 0 Å². The molecule has 3 heteroatoms. The fourth-order valence-corrected chi connectivity index (χ4v) is 0.847. The molecule has 13 heavy (non-hydrogen) atoms. The van der Waals surface area contributed by atoms with E-state index in [9.17, 15) is 0 Å². The van der Waals surface area contributed by atoms with Gasteiger partial charge in [-0.1, -0.05) is 12.2 Å². The lowest BCUT2D eigenvalue weighted by atomic mass is 10.3. The van der Waals surface area contributed by atoms with Crippen molar-refractivity contribution in [3.05, 3.63) is 30.5 Å². The molecule has 3 nitrogen and oxygen atoms in total. The highest BCUT2D eigenvalue weighted by Crippen LogP contribution is 2.10. The summed E-state index contributed by atoms with van der Waals surface area (Å²) in [6.45, 7) is 6.51. The number of anilines is 1. The molecule has 0 aromatic carbocycles. The van der Waals surface area contributed by atoms with Crippen molar-refractivity contribution in [1.29, 1.82) is 0 Å². The highest BCUT2D eigenvalue weighted by atomic mass is 16.5. The number of ether oxygens (including phenoxy) is 1. The van der Waals surface area contributed by atoms with E-state index in [1.54, 1.807) is 13.3 Å². The Balaban J connectivity index is 2.54. The van der Waals surface area contributed by atoms with E-state index in [2.05, 4.69) is 16.9 Å². The van der Waals surface area contributed by atoms with E-state index in [1.165, 1.54) is 0 Å². The van der Waals surface area contributed by atoms with Gasteiger partial charge in [0.1, 0.15) is 11.6 Å². The number of pyridine rings is 1. The van der Waals surface area contributed by atoms with Gasteiger partial charge in [0.15, 0.2) is 0 Å². The minimum atomic E-state index is 0.749. The maximum Gasteiger partial charge on any atom is 0.137 e. The molecule has 0 aliphatic heterocycles. The predicted molar refractivity (Wildman–Crippen MR) is 54.1 cm³/mol. The first kappa shape index (κ1) is 9.58. The minimum Gasteiger partial charge on any atom is -0.495 e. The summed E-state index contributed by atoms with van der Waals surface area (Å²) in [5.41, 5.74) is 1.08. The monoisotopic (exact) mass is 178 g/mol. The lowest BCUT2D eigenvalue weighted by Crippen LogP contribution is -2.03. The van der Waals surface area contributed by atoms with Crippen molar-refractivity contribution in [3.8, 4) is 5.75 Å². The largest absolute Gasteiger partial charge is 0.495 e. The Bertz CT molecular complexity index is 279. The Labute approximate surface area is 78.4 Å². The van der Waals surface area contributed by atoms with Crippen LogP contribution < -0.4 is 10.1 Å². The molecule has 70 valence electrons. The predicted octanol–water partition coefficient (Wildman–Crippen LogP) is 2.08. The molecule has 0 saturated carbocycles. The van der Waals surface area contributed by atoms with Gasteiger partial charge >= 0.3 is 0 Å². The zero-order valence-corrected chi connectivity index (χ0v) is 8.00. The summed E-state index contributed by atoms with van der Waals surface area (Å²) in [5, 5.41) is 3.13. The first-order valence-corrected chi connectivity index (χ1v) is 4.10. The highest BCUT2D eigenvalue weighted by Gasteiger charge is 1.93. The molecule has 0 amide bonds. The van der Waals surface area contributed by atoms with Crippen LogP contribution >= 0.6 is 0 Å². The van der Waals surface area contributed by atoms with E-state index < -0.39 is 0 Å². The van der Waals surface area contributed by atoms with Crippen LogP contribution in [0.25, 0.3) is 0 Å². The molecular weight excluding hydrogens is 164 g/mol. The van der Waals surface area contributed by atoms with Crippen LogP contribution in [0.3, 0.4) is 0 Å². The number of nitrogens with one attached hydrogen (secondary N) is 1. The second kappa shape index (κ2) is 4.50. The molecule has 0 fully saturated rings. The van der Waals surface area contributed by atoms with Crippen LogP contribution in [-0.4, -0.2) is 18.6 Å². The van der Waals surface area contributed by atoms with Crippen molar-refractivity contribution in [3.63, 3.8) is 0 Å². The molecular formula is C10H14N2O. The van der Waals surface area contributed by atoms with Crippen LogP contribution in [0.2, 0.25) is 0 Å². The highest BCUT2D eigenvalue weighted by molar-refractivity contribution is 5.38. The normalized spacial score (nSPS) is 9.38. The summed E-state index contributed by atoms with van der Waals surface area (Å²) in [7, 11) is 1.62. The fourth-order valence-electron chi connectivity index (χ4n) is 0.847. The number of aromatic nitrogens is 1. The van der Waals surface area contributed by atoms with Crippen molar-refractivity contribution in [2.75, 3.05) is 19.0 Å². The smallest absolute Gasteiger partial charge is 0.137 e. The zero-order chi connectivity index (χ0) is 9.68. The van der Waals surface area contributed by atoms with E-state index in [1.807, 2.05) is 19.1 Å². The standard InChI is InChI=1S/C10H14N2O/c1-8(2)6-11-10-5-4-9(13-3)7-12-10/h4-5,7H,1,6H2,2-3H3,(H,11,12). The SMILES string of the molecule is C=C(C)CNc1ccc(OC)cn1. The maximum atomic E-state index is 4.99. The number of hydrogen-bond acceptors (Lipinski definition) is 3. The zero-order valence-electron chi connectivity index (χ0n) is 8.00. The van der Waals surface area contributed by atoms with Crippen molar-refractivity contribution in [1.82, 2.24) is 4.98 Å². The summed E-state index contributed by atoms with van der Waals surface area (Å²) in [5.74, 6) is 1.60. The van der Waals surface area contributed by atoms with Crippen LogP contribution in [0.4, 0.5) is 5.82 Å². The first-order chi connectivity index (χ1) is 6.22. The Hall–Kier alpha value is -1.51. The topological polar surface area (TPSA) is 34.1 Å². The Kier molecular flexibility index (Phi) is 3.31. The lowest BCUT2D eigenvalue weighted by molar-refractivity contribution is 0.413. The molecule has 1 aromatic heterocycles. The van der Waals surface area contributed by atoms with Crippen LogP contribution in [0, 0.1) is 0 Å². The van der Waals surface area contributed by atoms with Gasteiger partial charge in [-0.15, -0.1) is 0 Å². The summed E-state index contributed by atoms with van der Waals surface area (Å²) in [4.78, 5) is 4.14. The molecule has 0 bridgehead atoms. The van der Waals surface area contributed by atoms with E-state index in [0.717, 1.165) is 23.7 Å². The van der Waals surface area contributed by atoms with E-state index >= 15 is 0 Å². The van der Waals surface area contributed by atoms with Crippen LogP contribution in [-0.2, 0) is 0 Å². The second-order valence-corrected chi connectivity index (χ2v) is 2.89. The van der Waals surface area contributed by atoms with Gasteiger partial charge in [-0.2, -0.15) is 0 Å². The van der Waals surface area contributed by atoms with Gasteiger partial charge in [0.05, 0.1) is 13.3 Å². The Morgan fingerprint density at radius 1 is 1.62 bits per heavy atom. The molecule has 0 saturated heterocycles.